The third-order valence-corrected chi connectivity index (χ3v) is 2.90. The first-order valence-corrected chi connectivity index (χ1v) is 6.84. The number of hydrogen-bond donors (Lipinski definition) is 2. The highest BCUT2D eigenvalue weighted by atomic mass is 16.6. The van der Waals surface area contributed by atoms with Gasteiger partial charge in [-0.15, -0.1) is 0 Å². The highest BCUT2D eigenvalue weighted by Crippen LogP contribution is 2.25. The Kier molecular flexibility index (Phi) is 5.66. The maximum atomic E-state index is 12.4. The van der Waals surface area contributed by atoms with Crippen LogP contribution in [0.15, 0.2) is 24.3 Å². The fraction of sp³-hybridized carbons (Fsp3) is 0.438. The van der Waals surface area contributed by atoms with Gasteiger partial charge < -0.3 is 15.6 Å². The van der Waals surface area contributed by atoms with Crippen molar-refractivity contribution < 1.29 is 19.4 Å². The van der Waals surface area contributed by atoms with Crippen molar-refractivity contribution in [1.82, 2.24) is 0 Å². The monoisotopic (exact) mass is 304 g/mol. The second kappa shape index (κ2) is 7.05. The van der Waals surface area contributed by atoms with E-state index in [2.05, 4.69) is 0 Å². The van der Waals surface area contributed by atoms with Gasteiger partial charge in [-0.2, -0.15) is 5.26 Å². The van der Waals surface area contributed by atoms with E-state index in [-0.39, 0.29) is 6.42 Å². The molecule has 3 N–H and O–H groups in total. The molecule has 0 fully saturated rings. The van der Waals surface area contributed by atoms with E-state index in [0.29, 0.717) is 11.1 Å². The summed E-state index contributed by atoms with van der Waals surface area (Å²) in [6.45, 7) is 5.18. The lowest BCUT2D eigenvalue weighted by Gasteiger charge is -2.27. The number of nitrogens with two attached hydrogens (primary N) is 1. The minimum atomic E-state index is -1.09. The Balaban J connectivity index is 3.12. The number of ether oxygens (including phenoxy) is 1. The van der Waals surface area contributed by atoms with Crippen LogP contribution < -0.4 is 5.73 Å². The highest BCUT2D eigenvalue weighted by molar-refractivity contribution is 5.81. The van der Waals surface area contributed by atoms with Crippen molar-refractivity contribution in [1.29, 1.82) is 5.26 Å². The Morgan fingerprint density at radius 3 is 2.27 bits per heavy atom. The molecule has 0 unspecified atom stereocenters. The maximum Gasteiger partial charge on any atom is 0.315 e. The Morgan fingerprint density at radius 2 is 1.86 bits per heavy atom. The summed E-state index contributed by atoms with van der Waals surface area (Å²) >= 11 is 0. The van der Waals surface area contributed by atoms with Crippen LogP contribution in [0, 0.1) is 11.3 Å². The first-order valence-electron chi connectivity index (χ1n) is 6.84. The average Bonchev–Trinajstić information content (AvgIpc) is 2.36. The third kappa shape index (κ3) is 5.19. The minimum absolute atomic E-state index is 0.357. The standard InChI is InChI=1S/C16H20N2O4/c1-16(2,3)22-15(21)14(12(18)8-13(19)20)11-6-4-10(9-17)5-7-11/h4-7,12,14H,8,18H2,1-3H3,(H,19,20)/t12-,14-/m1/s1. The summed E-state index contributed by atoms with van der Waals surface area (Å²) in [5.41, 5.74) is 6.16. The number of benzene rings is 1. The summed E-state index contributed by atoms with van der Waals surface area (Å²) < 4.78 is 5.34. The number of rotatable bonds is 5. The Labute approximate surface area is 129 Å². The molecule has 0 bridgehead atoms. The van der Waals surface area contributed by atoms with Gasteiger partial charge in [0.2, 0.25) is 0 Å². The van der Waals surface area contributed by atoms with Crippen LogP contribution in [0.2, 0.25) is 0 Å². The number of hydrogen-bond acceptors (Lipinski definition) is 5. The van der Waals surface area contributed by atoms with Crippen LogP contribution >= 0.6 is 0 Å². The number of nitriles is 1. The lowest BCUT2D eigenvalue weighted by atomic mass is 9.89. The number of aliphatic carboxylic acids is 1. The fourth-order valence-corrected chi connectivity index (χ4v) is 2.01. The van der Waals surface area contributed by atoms with Gasteiger partial charge in [0.1, 0.15) is 5.60 Å². The van der Waals surface area contributed by atoms with Gasteiger partial charge in [-0.3, -0.25) is 9.59 Å². The summed E-state index contributed by atoms with van der Waals surface area (Å²) in [6.07, 6.45) is -0.357. The highest BCUT2D eigenvalue weighted by Gasteiger charge is 2.32. The maximum absolute atomic E-state index is 12.4. The molecule has 0 aliphatic rings. The van der Waals surface area contributed by atoms with E-state index in [4.69, 9.17) is 20.8 Å². The van der Waals surface area contributed by atoms with Gasteiger partial charge in [-0.1, -0.05) is 12.1 Å². The van der Waals surface area contributed by atoms with Crippen molar-refractivity contribution >= 4 is 11.9 Å². The van der Waals surface area contributed by atoms with E-state index in [9.17, 15) is 9.59 Å². The normalized spacial score (nSPS) is 13.8. The predicted molar refractivity (Wildman–Crippen MR) is 80.0 cm³/mol. The van der Waals surface area contributed by atoms with Gasteiger partial charge in [0.25, 0.3) is 0 Å². The van der Waals surface area contributed by atoms with E-state index in [0.717, 1.165) is 0 Å². The summed E-state index contributed by atoms with van der Waals surface area (Å²) in [7, 11) is 0. The second-order valence-corrected chi connectivity index (χ2v) is 6.01. The SMILES string of the molecule is CC(C)(C)OC(=O)[C@H](c1ccc(C#N)cc1)[C@H](N)CC(=O)O. The van der Waals surface area contributed by atoms with Gasteiger partial charge in [0, 0.05) is 6.04 Å². The summed E-state index contributed by atoms with van der Waals surface area (Å²) in [5, 5.41) is 17.7. The Bertz CT molecular complexity index is 582. The number of carbonyl (C=O) groups is 2. The summed E-state index contributed by atoms with van der Waals surface area (Å²) in [5.74, 6) is -2.57. The number of carbonyl (C=O) groups excluding carboxylic acids is 1. The zero-order chi connectivity index (χ0) is 16.9. The first-order chi connectivity index (χ1) is 10.1. The second-order valence-electron chi connectivity index (χ2n) is 6.01. The molecule has 0 aromatic heterocycles. The molecular formula is C16H20N2O4. The largest absolute Gasteiger partial charge is 0.481 e. The lowest BCUT2D eigenvalue weighted by molar-refractivity contribution is -0.157. The molecule has 0 spiro atoms. The van der Waals surface area contributed by atoms with Gasteiger partial charge >= 0.3 is 11.9 Å². The van der Waals surface area contributed by atoms with Gasteiger partial charge in [-0.05, 0) is 38.5 Å². The van der Waals surface area contributed by atoms with Crippen LogP contribution in [-0.4, -0.2) is 28.7 Å². The van der Waals surface area contributed by atoms with E-state index < -0.39 is 29.5 Å². The van der Waals surface area contributed by atoms with Gasteiger partial charge in [0.15, 0.2) is 0 Å². The molecule has 1 aromatic rings. The third-order valence-electron chi connectivity index (χ3n) is 2.90. The fourth-order valence-electron chi connectivity index (χ4n) is 2.01. The van der Waals surface area contributed by atoms with Crippen LogP contribution in [0.25, 0.3) is 0 Å². The van der Waals surface area contributed by atoms with E-state index in [1.807, 2.05) is 6.07 Å². The molecule has 2 atom stereocenters. The number of esters is 1. The average molecular weight is 304 g/mol. The molecule has 6 heteroatoms. The number of carboxylic acid groups (broad SMARTS) is 1. The van der Waals surface area contributed by atoms with Gasteiger partial charge in [0.05, 0.1) is 24.0 Å². The van der Waals surface area contributed by atoms with Crippen LogP contribution in [0.5, 0.6) is 0 Å². The molecular weight excluding hydrogens is 284 g/mol. The van der Waals surface area contributed by atoms with Crippen molar-refractivity contribution in [3.63, 3.8) is 0 Å². The minimum Gasteiger partial charge on any atom is -0.481 e. The number of nitrogens with zero attached hydrogens (tertiary/aromatic N) is 1. The van der Waals surface area contributed by atoms with Crippen molar-refractivity contribution in [3.8, 4) is 6.07 Å². The van der Waals surface area contributed by atoms with Crippen LogP contribution in [0.4, 0.5) is 0 Å². The molecule has 1 aromatic carbocycles. The first kappa shape index (κ1) is 17.7. The molecule has 0 saturated heterocycles. The Hall–Kier alpha value is -2.39. The number of carboxylic acids is 1. The topological polar surface area (TPSA) is 113 Å². The van der Waals surface area contributed by atoms with Crippen LogP contribution in [0.3, 0.4) is 0 Å². The van der Waals surface area contributed by atoms with Gasteiger partial charge in [-0.25, -0.2) is 0 Å². The molecule has 0 radical (unpaired) electrons. The molecule has 6 nitrogen and oxygen atoms in total. The molecule has 118 valence electrons. The molecule has 0 saturated carbocycles. The van der Waals surface area contributed by atoms with Crippen molar-refractivity contribution in [2.24, 2.45) is 5.73 Å². The summed E-state index contributed by atoms with van der Waals surface area (Å²) in [4.78, 5) is 23.3. The molecule has 1 rings (SSSR count). The van der Waals surface area contributed by atoms with Crippen molar-refractivity contribution in [3.05, 3.63) is 35.4 Å². The van der Waals surface area contributed by atoms with Crippen LogP contribution in [0.1, 0.15) is 44.2 Å². The van der Waals surface area contributed by atoms with Crippen LogP contribution in [-0.2, 0) is 14.3 Å². The molecule has 0 aliphatic heterocycles. The molecule has 0 heterocycles. The van der Waals surface area contributed by atoms with Crippen molar-refractivity contribution in [2.75, 3.05) is 0 Å². The predicted octanol–water partition coefficient (Wildman–Crippen LogP) is 1.79. The molecule has 0 aliphatic carbocycles. The zero-order valence-electron chi connectivity index (χ0n) is 12.9. The molecule has 0 amide bonds. The lowest BCUT2D eigenvalue weighted by Crippen LogP contribution is -2.39. The summed E-state index contributed by atoms with van der Waals surface area (Å²) in [6, 6.07) is 7.36. The Morgan fingerprint density at radius 1 is 1.32 bits per heavy atom. The quantitative estimate of drug-likeness (QED) is 0.802. The van der Waals surface area contributed by atoms with Crippen molar-refractivity contribution in [2.45, 2.75) is 44.8 Å². The van der Waals surface area contributed by atoms with E-state index in [1.165, 1.54) is 0 Å². The zero-order valence-corrected chi connectivity index (χ0v) is 12.9. The molecule has 22 heavy (non-hydrogen) atoms. The smallest absolute Gasteiger partial charge is 0.315 e. The van der Waals surface area contributed by atoms with E-state index >= 15 is 0 Å². The van der Waals surface area contributed by atoms with E-state index in [1.54, 1.807) is 45.0 Å².